The predicted molar refractivity (Wildman–Crippen MR) is 73.5 cm³/mol. The van der Waals surface area contributed by atoms with Gasteiger partial charge in [0.05, 0.1) is 6.61 Å². The zero-order chi connectivity index (χ0) is 15.4. The predicted octanol–water partition coefficient (Wildman–Crippen LogP) is 1.86. The Morgan fingerprint density at radius 2 is 1.80 bits per heavy atom. The van der Waals surface area contributed by atoms with E-state index in [0.29, 0.717) is 19.6 Å². The lowest BCUT2D eigenvalue weighted by molar-refractivity contribution is -0.171. The van der Waals surface area contributed by atoms with Gasteiger partial charge in [0.25, 0.3) is 0 Å². The van der Waals surface area contributed by atoms with Gasteiger partial charge in [0.15, 0.2) is 5.41 Å². The number of carbonyl (C=O) groups is 2. The fourth-order valence-electron chi connectivity index (χ4n) is 1.98. The van der Waals surface area contributed by atoms with Crippen LogP contribution in [-0.4, -0.2) is 50.6 Å². The standard InChI is InChI=1S/C14H26O6/c1-4-7-14(12(15)16,13(17)20-5-2)8-11-19-10-6-9-18-3/h4-11H2,1-3H3,(H,15,16). The van der Waals surface area contributed by atoms with E-state index >= 15 is 0 Å². The monoisotopic (exact) mass is 290 g/mol. The fraction of sp³-hybridized carbons (Fsp3) is 0.857. The molecule has 1 unspecified atom stereocenters. The summed E-state index contributed by atoms with van der Waals surface area (Å²) in [7, 11) is 1.61. The van der Waals surface area contributed by atoms with Crippen molar-refractivity contribution in [3.63, 3.8) is 0 Å². The first-order chi connectivity index (χ1) is 9.55. The van der Waals surface area contributed by atoms with Crippen LogP contribution in [0, 0.1) is 5.41 Å². The largest absolute Gasteiger partial charge is 0.480 e. The highest BCUT2D eigenvalue weighted by molar-refractivity contribution is 5.99. The van der Waals surface area contributed by atoms with Crippen molar-refractivity contribution in [1.82, 2.24) is 0 Å². The van der Waals surface area contributed by atoms with Crippen LogP contribution < -0.4 is 0 Å². The second-order valence-corrected chi connectivity index (χ2v) is 4.57. The van der Waals surface area contributed by atoms with Crippen LogP contribution in [0.1, 0.15) is 39.5 Å². The summed E-state index contributed by atoms with van der Waals surface area (Å²) >= 11 is 0. The molecule has 0 aromatic rings. The summed E-state index contributed by atoms with van der Waals surface area (Å²) < 4.78 is 15.2. The van der Waals surface area contributed by atoms with Gasteiger partial charge < -0.3 is 19.3 Å². The molecule has 0 aromatic carbocycles. The molecule has 0 aliphatic heterocycles. The Hall–Kier alpha value is -1.14. The molecular weight excluding hydrogens is 264 g/mol. The molecule has 1 atom stereocenters. The molecule has 20 heavy (non-hydrogen) atoms. The van der Waals surface area contributed by atoms with Crippen molar-refractivity contribution in [2.24, 2.45) is 5.41 Å². The Bertz CT molecular complexity index is 291. The minimum Gasteiger partial charge on any atom is -0.480 e. The van der Waals surface area contributed by atoms with E-state index in [1.54, 1.807) is 14.0 Å². The first-order valence-corrected chi connectivity index (χ1v) is 7.02. The van der Waals surface area contributed by atoms with E-state index in [2.05, 4.69) is 0 Å². The molecule has 0 heterocycles. The Labute approximate surface area is 120 Å². The Balaban J connectivity index is 4.51. The first kappa shape index (κ1) is 18.9. The maximum absolute atomic E-state index is 12.0. The number of esters is 1. The van der Waals surface area contributed by atoms with Gasteiger partial charge in [-0.05, 0) is 26.2 Å². The minimum absolute atomic E-state index is 0.127. The summed E-state index contributed by atoms with van der Waals surface area (Å²) in [6, 6.07) is 0. The Morgan fingerprint density at radius 3 is 2.30 bits per heavy atom. The van der Waals surface area contributed by atoms with Gasteiger partial charge >= 0.3 is 11.9 Å². The molecular formula is C14H26O6. The van der Waals surface area contributed by atoms with Crippen molar-refractivity contribution in [3.8, 4) is 0 Å². The number of carboxylic acid groups (broad SMARTS) is 1. The van der Waals surface area contributed by atoms with Crippen LogP contribution >= 0.6 is 0 Å². The number of ether oxygens (including phenoxy) is 3. The highest BCUT2D eigenvalue weighted by atomic mass is 16.5. The highest BCUT2D eigenvalue weighted by Crippen LogP contribution is 2.30. The van der Waals surface area contributed by atoms with Gasteiger partial charge in [0.1, 0.15) is 0 Å². The molecule has 0 spiro atoms. The second-order valence-electron chi connectivity index (χ2n) is 4.57. The summed E-state index contributed by atoms with van der Waals surface area (Å²) in [4.78, 5) is 23.5. The van der Waals surface area contributed by atoms with Crippen molar-refractivity contribution in [1.29, 1.82) is 0 Å². The van der Waals surface area contributed by atoms with Crippen molar-refractivity contribution in [2.75, 3.05) is 33.5 Å². The van der Waals surface area contributed by atoms with E-state index in [1.165, 1.54) is 0 Å². The van der Waals surface area contributed by atoms with Crippen LogP contribution in [0.5, 0.6) is 0 Å². The quantitative estimate of drug-likeness (QED) is 0.335. The Kier molecular flexibility index (Phi) is 10.0. The molecule has 0 aliphatic carbocycles. The van der Waals surface area contributed by atoms with Crippen LogP contribution in [0.3, 0.4) is 0 Å². The summed E-state index contributed by atoms with van der Waals surface area (Å²) in [6.07, 6.45) is 1.71. The average molecular weight is 290 g/mol. The molecule has 6 heteroatoms. The molecule has 0 rings (SSSR count). The minimum atomic E-state index is -1.49. The van der Waals surface area contributed by atoms with Crippen molar-refractivity contribution >= 4 is 11.9 Å². The molecule has 118 valence electrons. The first-order valence-electron chi connectivity index (χ1n) is 7.02. The lowest BCUT2D eigenvalue weighted by atomic mass is 9.80. The average Bonchev–Trinajstić information content (AvgIpc) is 2.41. The lowest BCUT2D eigenvalue weighted by Gasteiger charge is -2.26. The zero-order valence-electron chi connectivity index (χ0n) is 12.6. The lowest BCUT2D eigenvalue weighted by Crippen LogP contribution is -2.41. The van der Waals surface area contributed by atoms with Gasteiger partial charge in [-0.3, -0.25) is 9.59 Å². The molecule has 0 fully saturated rings. The van der Waals surface area contributed by atoms with Crippen LogP contribution in [0.15, 0.2) is 0 Å². The number of carbonyl (C=O) groups excluding carboxylic acids is 1. The number of hydrogen-bond donors (Lipinski definition) is 1. The number of aliphatic carboxylic acids is 1. The molecule has 0 saturated heterocycles. The molecule has 0 bridgehead atoms. The van der Waals surface area contributed by atoms with Crippen molar-refractivity contribution in [3.05, 3.63) is 0 Å². The molecule has 0 amide bonds. The summed E-state index contributed by atoms with van der Waals surface area (Å²) in [6.45, 7) is 4.98. The fourth-order valence-corrected chi connectivity index (χ4v) is 1.98. The number of rotatable bonds is 12. The van der Waals surface area contributed by atoms with E-state index < -0.39 is 17.4 Å². The molecule has 0 radical (unpaired) electrons. The van der Waals surface area contributed by atoms with E-state index in [1.807, 2.05) is 6.92 Å². The third kappa shape index (κ3) is 5.88. The van der Waals surface area contributed by atoms with Crippen molar-refractivity contribution < 1.29 is 28.9 Å². The normalized spacial score (nSPS) is 13.8. The SMILES string of the molecule is CCCC(CCOCCCOC)(C(=O)O)C(=O)OCC. The van der Waals surface area contributed by atoms with Crippen LogP contribution in [0.4, 0.5) is 0 Å². The third-order valence-corrected chi connectivity index (χ3v) is 3.06. The topological polar surface area (TPSA) is 82.1 Å². The maximum Gasteiger partial charge on any atom is 0.323 e. The molecule has 1 N–H and O–H groups in total. The van der Waals surface area contributed by atoms with Gasteiger partial charge in [-0.2, -0.15) is 0 Å². The van der Waals surface area contributed by atoms with E-state index in [9.17, 15) is 14.7 Å². The smallest absolute Gasteiger partial charge is 0.323 e. The zero-order valence-corrected chi connectivity index (χ0v) is 12.6. The van der Waals surface area contributed by atoms with Gasteiger partial charge in [0.2, 0.25) is 0 Å². The number of hydrogen-bond acceptors (Lipinski definition) is 5. The van der Waals surface area contributed by atoms with E-state index in [4.69, 9.17) is 14.2 Å². The summed E-state index contributed by atoms with van der Waals surface area (Å²) in [5.41, 5.74) is -1.49. The van der Waals surface area contributed by atoms with Gasteiger partial charge in [0, 0.05) is 26.9 Å². The van der Waals surface area contributed by atoms with Crippen LogP contribution in [0.2, 0.25) is 0 Å². The molecule has 0 saturated carbocycles. The Morgan fingerprint density at radius 1 is 1.10 bits per heavy atom. The summed E-state index contributed by atoms with van der Waals surface area (Å²) in [5, 5.41) is 9.42. The van der Waals surface area contributed by atoms with E-state index in [0.717, 1.165) is 6.42 Å². The molecule has 6 nitrogen and oxygen atoms in total. The highest BCUT2D eigenvalue weighted by Gasteiger charge is 2.46. The summed E-state index contributed by atoms with van der Waals surface area (Å²) in [5.74, 6) is -1.81. The molecule has 0 aliphatic rings. The van der Waals surface area contributed by atoms with Gasteiger partial charge in [-0.15, -0.1) is 0 Å². The maximum atomic E-state index is 12.0. The van der Waals surface area contributed by atoms with Gasteiger partial charge in [-0.1, -0.05) is 13.3 Å². The van der Waals surface area contributed by atoms with Crippen molar-refractivity contribution in [2.45, 2.75) is 39.5 Å². The van der Waals surface area contributed by atoms with Crippen LogP contribution in [-0.2, 0) is 23.8 Å². The number of carboxylic acids is 1. The number of methoxy groups -OCH3 is 1. The third-order valence-electron chi connectivity index (χ3n) is 3.06. The molecule has 0 aromatic heterocycles. The van der Waals surface area contributed by atoms with Crippen LogP contribution in [0.25, 0.3) is 0 Å². The van der Waals surface area contributed by atoms with Gasteiger partial charge in [-0.25, -0.2) is 0 Å². The van der Waals surface area contributed by atoms with E-state index in [-0.39, 0.29) is 26.1 Å². The second kappa shape index (κ2) is 10.6.